The topological polar surface area (TPSA) is 95.9 Å². The maximum absolute atomic E-state index is 12.5. The Hall–Kier alpha value is -1.40. The molecule has 2 unspecified atom stereocenters. The van der Waals surface area contributed by atoms with E-state index in [0.717, 1.165) is 38.5 Å². The van der Waals surface area contributed by atoms with Crippen molar-refractivity contribution in [2.24, 2.45) is 0 Å². The molecular weight excluding hydrogens is 911 g/mol. The van der Waals surface area contributed by atoms with Crippen LogP contribution in [0.2, 0.25) is 0 Å². The van der Waals surface area contributed by atoms with Crippen LogP contribution < -0.4 is 5.32 Å². The molecule has 0 radical (unpaired) electrons. The molecule has 0 aliphatic carbocycles. The van der Waals surface area contributed by atoms with E-state index in [-0.39, 0.29) is 18.5 Å². The van der Waals surface area contributed by atoms with Crippen LogP contribution in [0.1, 0.15) is 386 Å². The molecular formula is C68H133NO5. The standard InChI is InChI=1S/C68H133NO5/c1-3-5-7-9-11-13-15-17-19-30-34-38-42-46-50-54-58-62-68(73)74-63-59-55-51-47-43-39-35-32-29-27-25-23-21-20-22-24-26-28-31-33-37-41-45-49-53-57-61-67(72)69-65(64-70)66(71)60-56-52-48-44-40-36-18-16-14-12-10-8-6-4-2/h56,60,65-66,70-71H,3-55,57-59,61-64H2,1-2H3,(H,69,72)/b60-56+. The highest BCUT2D eigenvalue weighted by molar-refractivity contribution is 5.76. The number of amides is 1. The van der Waals surface area contributed by atoms with E-state index < -0.39 is 12.1 Å². The second-order valence-corrected chi connectivity index (χ2v) is 23.5. The van der Waals surface area contributed by atoms with Gasteiger partial charge in [-0.2, -0.15) is 0 Å². The SMILES string of the molecule is CCCCCCCCCCCCCC/C=C/C(O)C(CO)NC(=O)CCCCCCCCCCCCCCCCCCCCCCCCCCCCOC(=O)CCCCCCCCCCCCCCCCCCC. The summed E-state index contributed by atoms with van der Waals surface area (Å²) in [7, 11) is 0. The van der Waals surface area contributed by atoms with Gasteiger partial charge < -0.3 is 20.3 Å². The van der Waals surface area contributed by atoms with E-state index in [2.05, 4.69) is 19.2 Å². The average Bonchev–Trinajstić information content (AvgIpc) is 3.40. The number of hydrogen-bond acceptors (Lipinski definition) is 5. The molecule has 74 heavy (non-hydrogen) atoms. The monoisotopic (exact) mass is 1040 g/mol. The third kappa shape index (κ3) is 59.8. The second-order valence-electron chi connectivity index (χ2n) is 23.5. The molecule has 1 amide bonds. The number of rotatable bonds is 64. The lowest BCUT2D eigenvalue weighted by Gasteiger charge is -2.20. The molecule has 0 aromatic heterocycles. The average molecular weight is 1040 g/mol. The first-order valence-electron chi connectivity index (χ1n) is 34.0. The minimum absolute atomic E-state index is 0.0216. The quantitative estimate of drug-likeness (QED) is 0.0320. The second kappa shape index (κ2) is 64.1. The van der Waals surface area contributed by atoms with Crippen LogP contribution in [0.5, 0.6) is 0 Å². The van der Waals surface area contributed by atoms with Crippen molar-refractivity contribution in [3.63, 3.8) is 0 Å². The molecule has 0 aliphatic rings. The summed E-state index contributed by atoms with van der Waals surface area (Å²) in [6.45, 7) is 4.94. The number of aliphatic hydroxyl groups excluding tert-OH is 2. The van der Waals surface area contributed by atoms with E-state index in [1.165, 1.54) is 321 Å². The van der Waals surface area contributed by atoms with Crippen molar-refractivity contribution in [3.05, 3.63) is 12.2 Å². The molecule has 0 rings (SSSR count). The van der Waals surface area contributed by atoms with Crippen molar-refractivity contribution in [3.8, 4) is 0 Å². The maximum Gasteiger partial charge on any atom is 0.305 e. The van der Waals surface area contributed by atoms with E-state index in [4.69, 9.17) is 4.74 Å². The summed E-state index contributed by atoms with van der Waals surface area (Å²) in [5.74, 6) is -0.0417. The largest absolute Gasteiger partial charge is 0.466 e. The summed E-state index contributed by atoms with van der Waals surface area (Å²) in [4.78, 5) is 24.6. The summed E-state index contributed by atoms with van der Waals surface area (Å²) in [6.07, 6.45) is 78.5. The first-order chi connectivity index (χ1) is 36.5. The normalized spacial score (nSPS) is 12.5. The summed E-state index contributed by atoms with van der Waals surface area (Å²) < 4.78 is 5.51. The van der Waals surface area contributed by atoms with Gasteiger partial charge in [-0.15, -0.1) is 0 Å². The molecule has 0 spiro atoms. The fourth-order valence-electron chi connectivity index (χ4n) is 10.9. The highest BCUT2D eigenvalue weighted by Gasteiger charge is 2.18. The Labute approximate surface area is 463 Å². The van der Waals surface area contributed by atoms with Crippen molar-refractivity contribution in [2.45, 2.75) is 398 Å². The van der Waals surface area contributed by atoms with Gasteiger partial charge in [0.15, 0.2) is 0 Å². The van der Waals surface area contributed by atoms with Crippen LogP contribution in [0.3, 0.4) is 0 Å². The zero-order valence-electron chi connectivity index (χ0n) is 50.4. The molecule has 0 heterocycles. The fraction of sp³-hybridized carbons (Fsp3) is 0.941. The zero-order chi connectivity index (χ0) is 53.6. The van der Waals surface area contributed by atoms with Gasteiger partial charge in [0.2, 0.25) is 5.91 Å². The molecule has 440 valence electrons. The predicted octanol–water partition coefficient (Wildman–Crippen LogP) is 21.6. The van der Waals surface area contributed by atoms with Gasteiger partial charge in [-0.1, -0.05) is 353 Å². The number of allylic oxidation sites excluding steroid dienone is 1. The van der Waals surface area contributed by atoms with E-state index in [0.29, 0.717) is 19.4 Å². The Bertz CT molecular complexity index is 1110. The molecule has 3 N–H and O–H groups in total. The molecule has 6 heteroatoms. The van der Waals surface area contributed by atoms with Gasteiger partial charge in [0.05, 0.1) is 25.4 Å². The Morgan fingerprint density at radius 1 is 0.365 bits per heavy atom. The fourth-order valence-corrected chi connectivity index (χ4v) is 10.9. The van der Waals surface area contributed by atoms with Gasteiger partial charge in [-0.25, -0.2) is 0 Å². The summed E-state index contributed by atoms with van der Waals surface area (Å²) in [5.41, 5.74) is 0. The van der Waals surface area contributed by atoms with Crippen LogP contribution in [-0.2, 0) is 14.3 Å². The van der Waals surface area contributed by atoms with E-state index in [1.807, 2.05) is 6.08 Å². The number of carbonyl (C=O) groups is 2. The molecule has 0 aliphatic heterocycles. The number of unbranched alkanes of at least 4 members (excludes halogenated alkanes) is 53. The molecule has 0 aromatic rings. The first kappa shape index (κ1) is 72.6. The Morgan fingerprint density at radius 2 is 0.622 bits per heavy atom. The number of hydrogen-bond donors (Lipinski definition) is 3. The van der Waals surface area contributed by atoms with Gasteiger partial charge in [0, 0.05) is 12.8 Å². The summed E-state index contributed by atoms with van der Waals surface area (Å²) in [6, 6.07) is -0.625. The summed E-state index contributed by atoms with van der Waals surface area (Å²) in [5, 5.41) is 23.1. The van der Waals surface area contributed by atoms with Gasteiger partial charge >= 0.3 is 5.97 Å². The lowest BCUT2D eigenvalue weighted by atomic mass is 10.0. The molecule has 0 saturated carbocycles. The minimum Gasteiger partial charge on any atom is -0.466 e. The third-order valence-corrected chi connectivity index (χ3v) is 16.1. The van der Waals surface area contributed by atoms with Crippen molar-refractivity contribution in [1.29, 1.82) is 0 Å². The van der Waals surface area contributed by atoms with Gasteiger partial charge in [-0.05, 0) is 32.1 Å². The van der Waals surface area contributed by atoms with E-state index in [1.54, 1.807) is 6.08 Å². The lowest BCUT2D eigenvalue weighted by Crippen LogP contribution is -2.45. The van der Waals surface area contributed by atoms with Crippen LogP contribution in [-0.4, -0.2) is 47.4 Å². The van der Waals surface area contributed by atoms with Crippen molar-refractivity contribution < 1.29 is 24.5 Å². The Morgan fingerprint density at radius 3 is 0.919 bits per heavy atom. The summed E-state index contributed by atoms with van der Waals surface area (Å²) >= 11 is 0. The Balaban J connectivity index is 3.34. The lowest BCUT2D eigenvalue weighted by molar-refractivity contribution is -0.143. The van der Waals surface area contributed by atoms with Crippen LogP contribution >= 0.6 is 0 Å². The van der Waals surface area contributed by atoms with Crippen LogP contribution in [0.15, 0.2) is 12.2 Å². The number of nitrogens with one attached hydrogen (secondary N) is 1. The first-order valence-corrected chi connectivity index (χ1v) is 34.0. The Kier molecular flexibility index (Phi) is 62.9. The van der Waals surface area contributed by atoms with Gasteiger partial charge in [0.25, 0.3) is 0 Å². The van der Waals surface area contributed by atoms with Crippen LogP contribution in [0.4, 0.5) is 0 Å². The number of esters is 1. The van der Waals surface area contributed by atoms with E-state index in [9.17, 15) is 19.8 Å². The third-order valence-electron chi connectivity index (χ3n) is 16.1. The zero-order valence-corrected chi connectivity index (χ0v) is 50.4. The molecule has 6 nitrogen and oxygen atoms in total. The minimum atomic E-state index is -0.841. The molecule has 0 bridgehead atoms. The predicted molar refractivity (Wildman–Crippen MR) is 324 cm³/mol. The molecule has 2 atom stereocenters. The van der Waals surface area contributed by atoms with Crippen molar-refractivity contribution in [2.75, 3.05) is 13.2 Å². The highest BCUT2D eigenvalue weighted by atomic mass is 16.5. The van der Waals surface area contributed by atoms with E-state index >= 15 is 0 Å². The molecule has 0 aromatic carbocycles. The number of aliphatic hydroxyl groups is 2. The van der Waals surface area contributed by atoms with Crippen LogP contribution in [0.25, 0.3) is 0 Å². The molecule has 0 fully saturated rings. The highest BCUT2D eigenvalue weighted by Crippen LogP contribution is 2.19. The number of ether oxygens (including phenoxy) is 1. The molecule has 0 saturated heterocycles. The van der Waals surface area contributed by atoms with Crippen LogP contribution in [0, 0.1) is 0 Å². The van der Waals surface area contributed by atoms with Crippen molar-refractivity contribution >= 4 is 11.9 Å². The number of carbonyl (C=O) groups excluding carboxylic acids is 2. The smallest absolute Gasteiger partial charge is 0.305 e. The van der Waals surface area contributed by atoms with Crippen molar-refractivity contribution in [1.82, 2.24) is 5.32 Å². The van der Waals surface area contributed by atoms with Gasteiger partial charge in [-0.3, -0.25) is 9.59 Å². The maximum atomic E-state index is 12.5. The van der Waals surface area contributed by atoms with Gasteiger partial charge in [0.1, 0.15) is 0 Å².